The first-order chi connectivity index (χ1) is 17.3. The van der Waals surface area contributed by atoms with E-state index in [9.17, 15) is 23.9 Å². The Balaban J connectivity index is 1.93. The molecule has 0 aliphatic carbocycles. The van der Waals surface area contributed by atoms with Crippen molar-refractivity contribution >= 4 is 23.5 Å². The predicted molar refractivity (Wildman–Crippen MR) is 127 cm³/mol. The van der Waals surface area contributed by atoms with Crippen molar-refractivity contribution in [2.24, 2.45) is 0 Å². The first-order valence-electron chi connectivity index (χ1n) is 10.7. The Hall–Kier alpha value is -4.70. The van der Waals surface area contributed by atoms with E-state index in [1.54, 1.807) is 30.3 Å². The number of ether oxygens (including phenoxy) is 2. The Morgan fingerprint density at radius 1 is 1.00 bits per heavy atom. The molecule has 4 N–H and O–H groups in total. The summed E-state index contributed by atoms with van der Waals surface area (Å²) in [5.74, 6) is -2.23. The monoisotopic (exact) mass is 494 g/mol. The highest BCUT2D eigenvalue weighted by atomic mass is 19.1. The van der Waals surface area contributed by atoms with Crippen LogP contribution in [0.5, 0.6) is 11.5 Å². The minimum Gasteiger partial charge on any atom is -0.505 e. The lowest BCUT2D eigenvalue weighted by atomic mass is 10.0. The van der Waals surface area contributed by atoms with E-state index in [4.69, 9.17) is 14.7 Å². The lowest BCUT2D eigenvalue weighted by Gasteiger charge is -2.26. The molecule has 0 aromatic heterocycles. The van der Waals surface area contributed by atoms with Gasteiger partial charge in [0, 0.05) is 17.3 Å². The van der Waals surface area contributed by atoms with E-state index in [0.29, 0.717) is 17.0 Å². The largest absolute Gasteiger partial charge is 0.505 e. The molecule has 0 radical (unpaired) electrons. The number of ketones is 1. The Bertz CT molecular complexity index is 1250. The van der Waals surface area contributed by atoms with E-state index in [0.717, 1.165) is 18.2 Å². The number of nitrogens with one attached hydrogen (secondary N) is 2. The van der Waals surface area contributed by atoms with Gasteiger partial charge in [0.15, 0.2) is 29.6 Å². The van der Waals surface area contributed by atoms with Crippen molar-refractivity contribution in [3.8, 4) is 11.5 Å². The molecule has 3 aromatic rings. The summed E-state index contributed by atoms with van der Waals surface area (Å²) in [6.07, 6.45) is -1.23. The van der Waals surface area contributed by atoms with Gasteiger partial charge in [-0.25, -0.2) is 14.7 Å². The zero-order valence-electron chi connectivity index (χ0n) is 19.1. The maximum absolute atomic E-state index is 14.2. The molecule has 3 rings (SSSR count). The van der Waals surface area contributed by atoms with Crippen LogP contribution in [0.1, 0.15) is 28.9 Å². The third kappa shape index (κ3) is 7.15. The number of hydrogen-bond acceptors (Lipinski definition) is 7. The first kappa shape index (κ1) is 25.9. The van der Waals surface area contributed by atoms with Gasteiger partial charge in [-0.1, -0.05) is 24.3 Å². The van der Waals surface area contributed by atoms with E-state index in [-0.39, 0.29) is 11.3 Å². The van der Waals surface area contributed by atoms with Crippen molar-refractivity contribution < 1.29 is 38.6 Å². The number of rotatable bonds is 9. The van der Waals surface area contributed by atoms with Crippen LogP contribution >= 0.6 is 0 Å². The summed E-state index contributed by atoms with van der Waals surface area (Å²) in [4.78, 5) is 35.9. The van der Waals surface area contributed by atoms with Crippen LogP contribution in [0.25, 0.3) is 0 Å². The molecule has 0 spiro atoms. The maximum atomic E-state index is 14.2. The smallest absolute Gasteiger partial charge is 0.412 e. The minimum atomic E-state index is -1.31. The van der Waals surface area contributed by atoms with E-state index in [1.165, 1.54) is 48.8 Å². The summed E-state index contributed by atoms with van der Waals surface area (Å²) in [5.41, 5.74) is 2.34. The topological polar surface area (TPSA) is 134 Å². The van der Waals surface area contributed by atoms with Crippen LogP contribution in [-0.2, 0) is 9.53 Å². The molecular formula is C26H23FN2O7. The number of amides is 2. The molecule has 9 nitrogen and oxygen atoms in total. The fourth-order valence-electron chi connectivity index (χ4n) is 3.15. The summed E-state index contributed by atoms with van der Waals surface area (Å²) in [7, 11) is 0. The van der Waals surface area contributed by atoms with Gasteiger partial charge in [-0.2, -0.15) is 0 Å². The number of phenolic OH excluding ortho intramolecular Hbond substituents is 1. The van der Waals surface area contributed by atoms with Crippen LogP contribution < -0.4 is 15.5 Å². The highest BCUT2D eigenvalue weighted by Crippen LogP contribution is 2.30. The Morgan fingerprint density at radius 3 is 2.31 bits per heavy atom. The van der Waals surface area contributed by atoms with Gasteiger partial charge < -0.3 is 14.6 Å². The third-order valence-corrected chi connectivity index (χ3v) is 4.93. The first-order valence-corrected chi connectivity index (χ1v) is 10.7. The fraction of sp³-hybridized carbons (Fsp3) is 0.115. The van der Waals surface area contributed by atoms with Gasteiger partial charge >= 0.3 is 6.09 Å². The number of carbonyl (C=O) groups is 3. The number of halogens is 1. The Morgan fingerprint density at radius 2 is 1.69 bits per heavy atom. The van der Waals surface area contributed by atoms with Crippen molar-refractivity contribution in [1.82, 2.24) is 5.48 Å². The van der Waals surface area contributed by atoms with Gasteiger partial charge in [0.25, 0.3) is 5.91 Å². The number of Topliss-reactive ketones (excluding diaryl/α,β-unsaturated/α-hetero) is 1. The number of carbonyl (C=O) groups excluding carboxylic acids is 3. The molecule has 0 unspecified atom stereocenters. The molecule has 2 amide bonds. The van der Waals surface area contributed by atoms with Crippen molar-refractivity contribution in [3.63, 3.8) is 0 Å². The molecule has 0 saturated carbocycles. The SMILES string of the molecule is CC(=O)c1ccc(NC(=O)O[C@@H](c2ccc(O)c(F)c2)[C@H](/C=C/C(=O)NO)Oc2ccccc2)cc1. The van der Waals surface area contributed by atoms with Gasteiger partial charge in [0.2, 0.25) is 0 Å². The standard InChI is InChI=1S/C26H23FN2O7/c1-16(30)17-7-10-19(11-8-17)28-26(33)36-25(18-9-12-22(31)21(27)15-18)23(13-14-24(32)29-34)35-20-5-3-2-4-6-20/h2-15,23,25,31,34H,1H3,(H,28,33)(H,29,32)/b14-13+/t23-,25-/m0/s1. The number of hydroxylamine groups is 1. The third-order valence-electron chi connectivity index (χ3n) is 4.93. The van der Waals surface area contributed by atoms with Crippen molar-refractivity contribution in [1.29, 1.82) is 0 Å². The molecule has 3 aromatic carbocycles. The molecular weight excluding hydrogens is 471 g/mol. The summed E-state index contributed by atoms with van der Waals surface area (Å²) >= 11 is 0. The molecule has 0 aliphatic rings. The van der Waals surface area contributed by atoms with Crippen LogP contribution in [0.2, 0.25) is 0 Å². The number of hydrogen-bond donors (Lipinski definition) is 4. The van der Waals surface area contributed by atoms with Crippen LogP contribution in [0.4, 0.5) is 14.9 Å². The summed E-state index contributed by atoms with van der Waals surface area (Å²) in [6, 6.07) is 17.9. The van der Waals surface area contributed by atoms with Crippen LogP contribution in [0.3, 0.4) is 0 Å². The van der Waals surface area contributed by atoms with Crippen LogP contribution in [0.15, 0.2) is 84.9 Å². The highest BCUT2D eigenvalue weighted by Gasteiger charge is 2.29. The molecule has 10 heteroatoms. The van der Waals surface area contributed by atoms with Crippen molar-refractivity contribution in [2.45, 2.75) is 19.1 Å². The number of benzene rings is 3. The summed E-state index contributed by atoms with van der Waals surface area (Å²) < 4.78 is 25.7. The lowest BCUT2D eigenvalue weighted by Crippen LogP contribution is -2.30. The second-order valence-electron chi connectivity index (χ2n) is 7.53. The molecule has 0 fully saturated rings. The van der Waals surface area contributed by atoms with Crippen molar-refractivity contribution in [3.05, 3.63) is 102 Å². The molecule has 0 bridgehead atoms. The lowest BCUT2D eigenvalue weighted by molar-refractivity contribution is -0.124. The van der Waals surface area contributed by atoms with Gasteiger partial charge in [0.1, 0.15) is 5.75 Å². The quantitative estimate of drug-likeness (QED) is 0.149. The Kier molecular flexibility index (Phi) is 8.73. The second-order valence-corrected chi connectivity index (χ2v) is 7.53. The fourth-order valence-corrected chi connectivity index (χ4v) is 3.15. The predicted octanol–water partition coefficient (Wildman–Crippen LogP) is 4.53. The zero-order valence-corrected chi connectivity index (χ0v) is 19.1. The van der Waals surface area contributed by atoms with E-state index in [1.807, 2.05) is 0 Å². The molecule has 186 valence electrons. The van der Waals surface area contributed by atoms with Gasteiger partial charge in [-0.15, -0.1) is 0 Å². The van der Waals surface area contributed by atoms with Crippen LogP contribution in [-0.4, -0.2) is 34.2 Å². The second kappa shape index (κ2) is 12.1. The molecule has 2 atom stereocenters. The molecule has 0 saturated heterocycles. The van der Waals surface area contributed by atoms with Crippen molar-refractivity contribution in [2.75, 3.05) is 5.32 Å². The van der Waals surface area contributed by atoms with Crippen LogP contribution in [0, 0.1) is 5.82 Å². The molecule has 0 aliphatic heterocycles. The van der Waals surface area contributed by atoms with Gasteiger partial charge in [-0.05, 0) is 67.1 Å². The number of aromatic hydroxyl groups is 1. The number of anilines is 1. The zero-order chi connectivity index (χ0) is 26.1. The summed E-state index contributed by atoms with van der Waals surface area (Å²) in [5, 5.41) is 21.0. The Labute approximate surface area is 205 Å². The maximum Gasteiger partial charge on any atom is 0.412 e. The number of para-hydroxylation sites is 1. The molecule has 36 heavy (non-hydrogen) atoms. The normalized spacial score (nSPS) is 12.4. The van der Waals surface area contributed by atoms with E-state index < -0.39 is 35.8 Å². The van der Waals surface area contributed by atoms with E-state index in [2.05, 4.69) is 5.32 Å². The highest BCUT2D eigenvalue weighted by molar-refractivity contribution is 5.95. The average Bonchev–Trinajstić information content (AvgIpc) is 2.87. The average molecular weight is 494 g/mol. The van der Waals surface area contributed by atoms with E-state index >= 15 is 0 Å². The van der Waals surface area contributed by atoms with Gasteiger partial charge in [-0.3, -0.25) is 20.1 Å². The minimum absolute atomic E-state index is 0.113. The van der Waals surface area contributed by atoms with Gasteiger partial charge in [0.05, 0.1) is 0 Å². The summed E-state index contributed by atoms with van der Waals surface area (Å²) in [6.45, 7) is 1.41. The number of phenols is 1. The molecule has 0 heterocycles.